The van der Waals surface area contributed by atoms with Crippen molar-refractivity contribution in [1.82, 2.24) is 4.90 Å². The van der Waals surface area contributed by atoms with Gasteiger partial charge in [-0.1, -0.05) is 18.5 Å². The van der Waals surface area contributed by atoms with Crippen LogP contribution < -0.4 is 18.9 Å². The van der Waals surface area contributed by atoms with Crippen LogP contribution in [0.4, 0.5) is 0 Å². The predicted molar refractivity (Wildman–Crippen MR) is 96.8 cm³/mol. The van der Waals surface area contributed by atoms with Gasteiger partial charge in [0.2, 0.25) is 5.91 Å². The molecule has 138 valence electrons. The van der Waals surface area contributed by atoms with Crippen molar-refractivity contribution in [2.45, 2.75) is 39.0 Å². The van der Waals surface area contributed by atoms with E-state index in [-0.39, 0.29) is 50.2 Å². The zero-order valence-electron chi connectivity index (χ0n) is 16.4. The molecule has 1 aliphatic rings. The van der Waals surface area contributed by atoms with Crippen molar-refractivity contribution in [3.63, 3.8) is 0 Å². The Morgan fingerprint density at radius 2 is 1.81 bits per heavy atom. The van der Waals surface area contributed by atoms with Gasteiger partial charge in [0, 0.05) is 42.4 Å². The number of aliphatic carboxylic acids is 1. The normalized spacial score (nSPS) is 15.8. The molecule has 1 aliphatic heterocycles. The summed E-state index contributed by atoms with van der Waals surface area (Å²) in [6.07, 6.45) is 2.36. The van der Waals surface area contributed by atoms with Gasteiger partial charge in [0.1, 0.15) is 0 Å². The first kappa shape index (κ1) is 22.8. The maximum Gasteiger partial charge on any atom is 1.00 e. The van der Waals surface area contributed by atoms with Crippen LogP contribution >= 0.6 is 11.6 Å². The van der Waals surface area contributed by atoms with E-state index >= 15 is 0 Å². The van der Waals surface area contributed by atoms with Gasteiger partial charge in [-0.3, -0.25) is 14.4 Å². The molecule has 2 rings (SSSR count). The Kier molecular flexibility index (Phi) is 9.42. The second kappa shape index (κ2) is 10.8. The fraction of sp³-hybridized carbons (Fsp3) is 0.526. The number of piperidine rings is 1. The number of carboxylic acids is 1. The van der Waals surface area contributed by atoms with E-state index in [0.717, 1.165) is 0 Å². The van der Waals surface area contributed by atoms with Crippen LogP contribution in [0.3, 0.4) is 0 Å². The van der Waals surface area contributed by atoms with Crippen LogP contribution in [0.2, 0.25) is 5.02 Å². The van der Waals surface area contributed by atoms with Crippen molar-refractivity contribution in [3.05, 3.63) is 34.9 Å². The first-order valence-electron chi connectivity index (χ1n) is 8.66. The molecule has 1 aromatic carbocycles. The Labute approximate surface area is 172 Å². The smallest absolute Gasteiger partial charge is 1.00 e. The first-order valence-corrected chi connectivity index (χ1v) is 9.04. The molecule has 0 spiro atoms. The number of carbonyl (C=O) groups excluding carboxylic acids is 2. The number of rotatable bonds is 7. The molecule has 1 atom stereocenters. The molecule has 0 aromatic heterocycles. The number of amides is 1. The molecule has 1 N–H and O–H groups in total. The predicted octanol–water partition coefficient (Wildman–Crippen LogP) is 0.769. The third kappa shape index (κ3) is 6.79. The van der Waals surface area contributed by atoms with Gasteiger partial charge in [-0.25, -0.2) is 0 Å². The summed E-state index contributed by atoms with van der Waals surface area (Å²) in [5.74, 6) is -0.739. The number of nitrogens with zero attached hydrogens (tertiary/aromatic N) is 1. The average molecular weight is 374 g/mol. The summed E-state index contributed by atoms with van der Waals surface area (Å²) in [6, 6.07) is 6.91. The molecule has 0 bridgehead atoms. The van der Waals surface area contributed by atoms with Crippen molar-refractivity contribution in [2.75, 3.05) is 13.1 Å². The topological polar surface area (TPSA) is 74.7 Å². The van der Waals surface area contributed by atoms with Crippen LogP contribution in [-0.4, -0.2) is 40.8 Å². The Bertz CT molecular complexity index is 633. The van der Waals surface area contributed by atoms with Crippen molar-refractivity contribution in [3.8, 4) is 0 Å². The molecule has 1 heterocycles. The van der Waals surface area contributed by atoms with Gasteiger partial charge >= 0.3 is 24.8 Å². The molecule has 5 nitrogen and oxygen atoms in total. The number of Topliss-reactive ketones (excluding diaryl/α,β-unsaturated/α-hetero) is 1. The molecule has 26 heavy (non-hydrogen) atoms. The van der Waals surface area contributed by atoms with Gasteiger partial charge in [0.05, 0.1) is 0 Å². The number of benzene rings is 1. The summed E-state index contributed by atoms with van der Waals surface area (Å²) in [7, 11) is 0. The molecule has 1 fully saturated rings. The van der Waals surface area contributed by atoms with Gasteiger partial charge in [-0.05, 0) is 49.4 Å². The third-order valence-corrected chi connectivity index (χ3v) is 4.97. The van der Waals surface area contributed by atoms with E-state index in [0.29, 0.717) is 49.4 Å². The summed E-state index contributed by atoms with van der Waals surface area (Å²) in [4.78, 5) is 37.2. The minimum atomic E-state index is -0.832. The number of carboxylic acid groups (broad SMARTS) is 1. The fourth-order valence-corrected chi connectivity index (χ4v) is 3.30. The Morgan fingerprint density at radius 3 is 2.35 bits per heavy atom. The van der Waals surface area contributed by atoms with E-state index in [1.165, 1.54) is 0 Å². The maximum atomic E-state index is 12.5. The molecule has 1 saturated heterocycles. The Balaban J connectivity index is 0.00000338. The number of hydrogen-bond acceptors (Lipinski definition) is 3. The molecule has 7 heteroatoms. The van der Waals surface area contributed by atoms with Crippen LogP contribution in [-0.2, 0) is 9.59 Å². The standard InChI is InChI=1S/C19H24ClNO4.Li.H/c1-13(12-18(23)24)2-7-17(22)21-10-8-15(9-11-21)19(25)14-3-5-16(20)6-4-14;;/h3-6,13,15H,2,7-12H2,1H3,(H,23,24);;/q;+1;-1. The zero-order chi connectivity index (χ0) is 18.4. The monoisotopic (exact) mass is 373 g/mol. The largest absolute Gasteiger partial charge is 1.00 e. The van der Waals surface area contributed by atoms with Crippen LogP contribution in [0.25, 0.3) is 0 Å². The summed E-state index contributed by atoms with van der Waals surface area (Å²) in [5.41, 5.74) is 0.664. The molecular weight excluding hydrogens is 349 g/mol. The van der Waals surface area contributed by atoms with E-state index in [4.69, 9.17) is 16.7 Å². The second-order valence-corrected chi connectivity index (χ2v) is 7.20. The zero-order valence-corrected chi connectivity index (χ0v) is 16.2. The molecule has 0 saturated carbocycles. The van der Waals surface area contributed by atoms with Crippen LogP contribution in [0.15, 0.2) is 24.3 Å². The summed E-state index contributed by atoms with van der Waals surface area (Å²) < 4.78 is 0. The fourth-order valence-electron chi connectivity index (χ4n) is 3.17. The van der Waals surface area contributed by atoms with Gasteiger partial charge < -0.3 is 11.4 Å². The molecule has 1 amide bonds. The Hall–Kier alpha value is -1.28. The van der Waals surface area contributed by atoms with Gasteiger partial charge in [0.15, 0.2) is 5.78 Å². The van der Waals surface area contributed by atoms with Crippen molar-refractivity contribution < 1.29 is 39.8 Å². The van der Waals surface area contributed by atoms with Gasteiger partial charge in [-0.15, -0.1) is 0 Å². The minimum Gasteiger partial charge on any atom is -1.00 e. The minimum absolute atomic E-state index is 0. The van der Waals surface area contributed by atoms with E-state index in [9.17, 15) is 14.4 Å². The van der Waals surface area contributed by atoms with E-state index in [1.54, 1.807) is 29.2 Å². The Morgan fingerprint density at radius 1 is 1.23 bits per heavy atom. The van der Waals surface area contributed by atoms with Gasteiger partial charge in [-0.2, -0.15) is 0 Å². The molecule has 0 aliphatic carbocycles. The van der Waals surface area contributed by atoms with E-state index in [2.05, 4.69) is 0 Å². The van der Waals surface area contributed by atoms with Crippen molar-refractivity contribution in [1.29, 1.82) is 0 Å². The number of hydrogen-bond donors (Lipinski definition) is 1. The molecule has 1 unspecified atom stereocenters. The second-order valence-electron chi connectivity index (χ2n) is 6.77. The van der Waals surface area contributed by atoms with E-state index in [1.807, 2.05) is 6.92 Å². The van der Waals surface area contributed by atoms with E-state index < -0.39 is 5.97 Å². The quantitative estimate of drug-likeness (QED) is 0.566. The van der Waals surface area contributed by atoms with Crippen LogP contribution in [0.5, 0.6) is 0 Å². The SMILES string of the molecule is CC(CCC(=O)N1CCC(C(=O)c2ccc(Cl)cc2)CC1)CC(=O)O.[H-].[Li+]. The van der Waals surface area contributed by atoms with Gasteiger partial charge in [0.25, 0.3) is 0 Å². The number of carbonyl (C=O) groups is 3. The molecule has 0 radical (unpaired) electrons. The third-order valence-electron chi connectivity index (χ3n) is 4.72. The maximum absolute atomic E-state index is 12.5. The summed E-state index contributed by atoms with van der Waals surface area (Å²) >= 11 is 5.85. The number of ketones is 1. The summed E-state index contributed by atoms with van der Waals surface area (Å²) in [6.45, 7) is 3.00. The summed E-state index contributed by atoms with van der Waals surface area (Å²) in [5, 5.41) is 9.36. The molecular formula is C19H25ClLiNO4. The van der Waals surface area contributed by atoms with Crippen molar-refractivity contribution in [2.24, 2.45) is 11.8 Å². The number of halogens is 1. The number of likely N-dealkylation sites (tertiary alicyclic amines) is 1. The van der Waals surface area contributed by atoms with Crippen molar-refractivity contribution >= 4 is 29.3 Å². The van der Waals surface area contributed by atoms with Crippen LogP contribution in [0, 0.1) is 11.8 Å². The van der Waals surface area contributed by atoms with Crippen LogP contribution in [0.1, 0.15) is 50.8 Å². The first-order chi connectivity index (χ1) is 11.9. The molecule has 1 aromatic rings. The average Bonchev–Trinajstić information content (AvgIpc) is 2.59.